The molecule has 1 aromatic heterocycles. The van der Waals surface area contributed by atoms with Crippen LogP contribution in [0.1, 0.15) is 41.3 Å². The zero-order valence-electron chi connectivity index (χ0n) is 17.6. The third-order valence-electron chi connectivity index (χ3n) is 6.20. The van der Waals surface area contributed by atoms with Gasteiger partial charge in [0.1, 0.15) is 23.4 Å². The molecule has 1 aliphatic carbocycles. The van der Waals surface area contributed by atoms with Crippen LogP contribution in [0.4, 0.5) is 14.5 Å². The predicted octanol–water partition coefficient (Wildman–Crippen LogP) is 4.86. The van der Waals surface area contributed by atoms with Gasteiger partial charge in [0.25, 0.3) is 11.7 Å². The molecule has 1 fully saturated rings. The Morgan fingerprint density at radius 2 is 1.76 bits per heavy atom. The minimum Gasteiger partial charge on any atom is -0.507 e. The molecule has 1 atom stereocenters. The molecule has 1 unspecified atom stereocenters. The van der Waals surface area contributed by atoms with E-state index in [4.69, 9.17) is 0 Å². The molecule has 2 aliphatic rings. The highest BCUT2D eigenvalue weighted by Gasteiger charge is 2.48. The Morgan fingerprint density at radius 3 is 2.48 bits per heavy atom. The minimum atomic E-state index is -1.16. The van der Waals surface area contributed by atoms with Crippen molar-refractivity contribution in [3.05, 3.63) is 100 Å². The van der Waals surface area contributed by atoms with Crippen LogP contribution < -0.4 is 4.90 Å². The molecule has 1 amide bonds. The highest BCUT2D eigenvalue weighted by Crippen LogP contribution is 2.42. The minimum absolute atomic E-state index is 0.182. The van der Waals surface area contributed by atoms with Crippen LogP contribution >= 0.6 is 0 Å². The Kier molecular flexibility index (Phi) is 5.24. The second-order valence-electron chi connectivity index (χ2n) is 8.21. The molecule has 3 aromatic rings. The fraction of sp³-hybridized carbons (Fsp3) is 0.192. The largest absolute Gasteiger partial charge is 0.507 e. The molecule has 2 aromatic carbocycles. The first-order valence-corrected chi connectivity index (χ1v) is 10.7. The Morgan fingerprint density at radius 1 is 0.970 bits per heavy atom. The molecule has 0 bridgehead atoms. The molecule has 1 N–H and O–H groups in total. The standard InChI is InChI=1S/C26H20F2N2O3/c27-18-10-11-21(19(28)14-18)30-23(20-7-3-4-12-29-20)22(25(32)26(30)33)24(31)17-9-8-15-5-1-2-6-16(15)13-17/h3-4,7-14,23,31H,1-2,5-6H2/b24-22-. The number of aliphatic hydroxyl groups excluding tert-OH is 1. The molecule has 166 valence electrons. The fourth-order valence-corrected chi connectivity index (χ4v) is 4.61. The number of anilines is 1. The monoisotopic (exact) mass is 446 g/mol. The second kappa shape index (κ2) is 8.24. The number of pyridine rings is 1. The van der Waals surface area contributed by atoms with Crippen LogP contribution in [0.15, 0.2) is 66.4 Å². The van der Waals surface area contributed by atoms with Crippen LogP contribution in [-0.2, 0) is 22.4 Å². The quantitative estimate of drug-likeness (QED) is 0.354. The van der Waals surface area contributed by atoms with Crippen molar-refractivity contribution >= 4 is 23.1 Å². The summed E-state index contributed by atoms with van der Waals surface area (Å²) in [6.07, 6.45) is 5.45. The number of carbonyl (C=O) groups is 2. The number of aliphatic hydroxyl groups is 1. The van der Waals surface area contributed by atoms with Gasteiger partial charge in [-0.25, -0.2) is 8.78 Å². The topological polar surface area (TPSA) is 70.5 Å². The first kappa shape index (κ1) is 21.0. The van der Waals surface area contributed by atoms with Gasteiger partial charge in [-0.2, -0.15) is 0 Å². The first-order valence-electron chi connectivity index (χ1n) is 10.7. The molecule has 1 saturated heterocycles. The maximum Gasteiger partial charge on any atom is 0.300 e. The molecular weight excluding hydrogens is 426 g/mol. The summed E-state index contributed by atoms with van der Waals surface area (Å²) in [6.45, 7) is 0. The van der Waals surface area contributed by atoms with E-state index in [-0.39, 0.29) is 22.7 Å². The Labute approximate surface area is 189 Å². The highest BCUT2D eigenvalue weighted by molar-refractivity contribution is 6.51. The lowest BCUT2D eigenvalue weighted by molar-refractivity contribution is -0.132. The molecule has 0 spiro atoms. The fourth-order valence-electron chi connectivity index (χ4n) is 4.61. The lowest BCUT2D eigenvalue weighted by atomic mass is 9.89. The number of aryl methyl sites for hydroxylation is 2. The van der Waals surface area contributed by atoms with Crippen molar-refractivity contribution in [1.82, 2.24) is 4.98 Å². The average Bonchev–Trinajstić information content (AvgIpc) is 3.09. The van der Waals surface area contributed by atoms with Crippen LogP contribution in [-0.4, -0.2) is 21.8 Å². The second-order valence-corrected chi connectivity index (χ2v) is 8.21. The van der Waals surface area contributed by atoms with Crippen molar-refractivity contribution in [1.29, 1.82) is 0 Å². The van der Waals surface area contributed by atoms with Gasteiger partial charge < -0.3 is 5.11 Å². The molecule has 1 aliphatic heterocycles. The molecule has 5 nitrogen and oxygen atoms in total. The number of hydrogen-bond donors (Lipinski definition) is 1. The third-order valence-corrected chi connectivity index (χ3v) is 6.20. The smallest absolute Gasteiger partial charge is 0.300 e. The Balaban J connectivity index is 1.70. The first-order chi connectivity index (χ1) is 16.0. The number of benzene rings is 2. The molecule has 7 heteroatoms. The van der Waals surface area contributed by atoms with E-state index in [1.54, 1.807) is 24.3 Å². The molecule has 0 saturated carbocycles. The van der Waals surface area contributed by atoms with Crippen molar-refractivity contribution in [2.24, 2.45) is 0 Å². The summed E-state index contributed by atoms with van der Waals surface area (Å²) in [5.74, 6) is -4.12. The average molecular weight is 446 g/mol. The summed E-state index contributed by atoms with van der Waals surface area (Å²) in [4.78, 5) is 31.4. The summed E-state index contributed by atoms with van der Waals surface area (Å²) < 4.78 is 28.2. The van der Waals surface area contributed by atoms with Gasteiger partial charge >= 0.3 is 0 Å². The predicted molar refractivity (Wildman–Crippen MR) is 118 cm³/mol. The van der Waals surface area contributed by atoms with Gasteiger partial charge in [-0.3, -0.25) is 19.5 Å². The summed E-state index contributed by atoms with van der Waals surface area (Å²) in [7, 11) is 0. The summed E-state index contributed by atoms with van der Waals surface area (Å²) in [6, 6.07) is 12.0. The van der Waals surface area contributed by atoms with Crippen LogP contribution in [0.25, 0.3) is 5.76 Å². The van der Waals surface area contributed by atoms with Gasteiger partial charge in [0.15, 0.2) is 0 Å². The van der Waals surface area contributed by atoms with Crippen LogP contribution in [0.5, 0.6) is 0 Å². The molecule has 2 heterocycles. The van der Waals surface area contributed by atoms with Crippen LogP contribution in [0.3, 0.4) is 0 Å². The number of fused-ring (bicyclic) bond motifs is 1. The number of carbonyl (C=O) groups excluding carboxylic acids is 2. The number of Topliss-reactive ketones (excluding diaryl/α,β-unsaturated/α-hetero) is 1. The number of aromatic nitrogens is 1. The van der Waals surface area contributed by atoms with Crippen molar-refractivity contribution in [3.63, 3.8) is 0 Å². The zero-order chi connectivity index (χ0) is 23.1. The Hall–Kier alpha value is -3.87. The van der Waals surface area contributed by atoms with E-state index in [0.717, 1.165) is 48.3 Å². The number of nitrogens with zero attached hydrogens (tertiary/aromatic N) is 2. The van der Waals surface area contributed by atoms with Gasteiger partial charge in [0, 0.05) is 17.8 Å². The number of hydrogen-bond acceptors (Lipinski definition) is 4. The number of rotatable bonds is 3. The molecule has 0 radical (unpaired) electrons. The van der Waals surface area contributed by atoms with Crippen molar-refractivity contribution in [3.8, 4) is 0 Å². The van der Waals surface area contributed by atoms with Gasteiger partial charge in [-0.05, 0) is 67.1 Å². The Bertz CT molecular complexity index is 1300. The summed E-state index contributed by atoms with van der Waals surface area (Å²) in [5.41, 5.74) is 2.54. The van der Waals surface area contributed by atoms with Crippen LogP contribution in [0, 0.1) is 11.6 Å². The van der Waals surface area contributed by atoms with Gasteiger partial charge in [-0.1, -0.05) is 18.2 Å². The summed E-state index contributed by atoms with van der Waals surface area (Å²) in [5, 5.41) is 11.2. The van der Waals surface area contributed by atoms with Crippen molar-refractivity contribution in [2.45, 2.75) is 31.7 Å². The molecular formula is C26H20F2N2O3. The van der Waals surface area contributed by atoms with E-state index in [2.05, 4.69) is 4.98 Å². The summed E-state index contributed by atoms with van der Waals surface area (Å²) >= 11 is 0. The van der Waals surface area contributed by atoms with E-state index in [1.807, 2.05) is 12.1 Å². The van der Waals surface area contributed by atoms with Crippen molar-refractivity contribution < 1.29 is 23.5 Å². The van der Waals surface area contributed by atoms with Gasteiger partial charge in [0.05, 0.1) is 17.0 Å². The third kappa shape index (κ3) is 3.59. The maximum absolute atomic E-state index is 14.7. The SMILES string of the molecule is O=C1C(=O)N(c2ccc(F)cc2F)C(c2ccccn2)/C1=C(/O)c1ccc2c(c1)CCCC2. The highest BCUT2D eigenvalue weighted by atomic mass is 19.1. The van der Waals surface area contributed by atoms with Gasteiger partial charge in [0.2, 0.25) is 0 Å². The number of halogens is 2. The van der Waals surface area contributed by atoms with Crippen LogP contribution in [0.2, 0.25) is 0 Å². The van der Waals surface area contributed by atoms with Gasteiger partial charge in [-0.15, -0.1) is 0 Å². The van der Waals surface area contributed by atoms with E-state index in [1.165, 1.54) is 11.8 Å². The van der Waals surface area contributed by atoms with E-state index >= 15 is 0 Å². The lowest BCUT2D eigenvalue weighted by Crippen LogP contribution is -2.30. The van der Waals surface area contributed by atoms with E-state index in [9.17, 15) is 23.5 Å². The number of amides is 1. The van der Waals surface area contributed by atoms with E-state index < -0.39 is 29.4 Å². The van der Waals surface area contributed by atoms with Crippen molar-refractivity contribution in [2.75, 3.05) is 4.90 Å². The zero-order valence-corrected chi connectivity index (χ0v) is 17.6. The molecule has 33 heavy (non-hydrogen) atoms. The van der Waals surface area contributed by atoms with E-state index in [0.29, 0.717) is 11.6 Å². The lowest BCUT2D eigenvalue weighted by Gasteiger charge is -2.25. The maximum atomic E-state index is 14.7. The molecule has 5 rings (SSSR count). The normalized spacial score (nSPS) is 19.6. The number of ketones is 1.